The van der Waals surface area contributed by atoms with Crippen molar-refractivity contribution in [2.75, 3.05) is 19.6 Å². The van der Waals surface area contributed by atoms with Gasteiger partial charge in [-0.2, -0.15) is 18.3 Å². The molecule has 0 aromatic carbocycles. The molecule has 1 amide bonds. The maximum absolute atomic E-state index is 12.7. The van der Waals surface area contributed by atoms with E-state index in [9.17, 15) is 23.1 Å². The largest absolute Gasteiger partial charge is 0.436 e. The number of carbonyl (C=O) groups excluding carboxylic acids is 1. The molecule has 1 fully saturated rings. The van der Waals surface area contributed by atoms with Gasteiger partial charge in [-0.3, -0.25) is 9.48 Å². The molecule has 3 N–H and O–H groups in total. The molecule has 130 valence electrons. The number of nitrogens with zero attached hydrogens (tertiary/aromatic N) is 2. The van der Waals surface area contributed by atoms with Crippen LogP contribution in [0.15, 0.2) is 0 Å². The van der Waals surface area contributed by atoms with Gasteiger partial charge in [0.1, 0.15) is 10.7 Å². The Balaban J connectivity index is 2.11. The zero-order chi connectivity index (χ0) is 17.3. The molecule has 6 nitrogen and oxygen atoms in total. The molecule has 1 atom stereocenters. The van der Waals surface area contributed by atoms with Gasteiger partial charge in [-0.1, -0.05) is 11.6 Å². The molecule has 1 aromatic heterocycles. The second-order valence-corrected chi connectivity index (χ2v) is 6.02. The molecule has 1 saturated heterocycles. The fourth-order valence-corrected chi connectivity index (χ4v) is 2.90. The SMILES string of the molecule is Cn1nc(C(F)(F)F)c(Cl)c1C(=O)NC[C@]1(O)CCCNCC1. The van der Waals surface area contributed by atoms with Crippen LogP contribution in [0, 0.1) is 0 Å². The van der Waals surface area contributed by atoms with E-state index in [2.05, 4.69) is 15.7 Å². The highest BCUT2D eigenvalue weighted by Gasteiger charge is 2.40. The van der Waals surface area contributed by atoms with Gasteiger partial charge in [-0.25, -0.2) is 0 Å². The van der Waals surface area contributed by atoms with E-state index in [1.165, 1.54) is 7.05 Å². The molecule has 0 spiro atoms. The number of aliphatic hydroxyl groups is 1. The lowest BCUT2D eigenvalue weighted by Crippen LogP contribution is -2.43. The van der Waals surface area contributed by atoms with Crippen molar-refractivity contribution in [3.63, 3.8) is 0 Å². The average Bonchev–Trinajstić information content (AvgIpc) is 2.62. The van der Waals surface area contributed by atoms with Crippen molar-refractivity contribution in [3.05, 3.63) is 16.4 Å². The van der Waals surface area contributed by atoms with E-state index >= 15 is 0 Å². The third kappa shape index (κ3) is 4.15. The fraction of sp³-hybridized carbons (Fsp3) is 0.692. The van der Waals surface area contributed by atoms with Crippen molar-refractivity contribution in [1.82, 2.24) is 20.4 Å². The van der Waals surface area contributed by atoms with Crippen molar-refractivity contribution in [1.29, 1.82) is 0 Å². The number of alkyl halides is 3. The monoisotopic (exact) mass is 354 g/mol. The van der Waals surface area contributed by atoms with Crippen molar-refractivity contribution in [3.8, 4) is 0 Å². The second-order valence-electron chi connectivity index (χ2n) is 5.64. The first-order valence-corrected chi connectivity index (χ1v) is 7.53. The van der Waals surface area contributed by atoms with E-state index in [0.717, 1.165) is 17.6 Å². The lowest BCUT2D eigenvalue weighted by atomic mass is 9.95. The van der Waals surface area contributed by atoms with Gasteiger partial charge in [-0.05, 0) is 32.4 Å². The minimum atomic E-state index is -4.74. The number of rotatable bonds is 3. The summed E-state index contributed by atoms with van der Waals surface area (Å²) in [6, 6.07) is 0. The number of hydrogen-bond donors (Lipinski definition) is 3. The van der Waals surface area contributed by atoms with Gasteiger partial charge in [0.15, 0.2) is 5.69 Å². The highest BCUT2D eigenvalue weighted by atomic mass is 35.5. The number of aromatic nitrogens is 2. The van der Waals surface area contributed by atoms with Crippen LogP contribution in [0.1, 0.15) is 35.4 Å². The zero-order valence-corrected chi connectivity index (χ0v) is 13.3. The van der Waals surface area contributed by atoms with Gasteiger partial charge in [0.05, 0.1) is 5.60 Å². The van der Waals surface area contributed by atoms with Crippen LogP contribution in [0.5, 0.6) is 0 Å². The molecular formula is C13H18ClF3N4O2. The number of hydrogen-bond acceptors (Lipinski definition) is 4. The number of carbonyl (C=O) groups is 1. The number of halogens is 4. The van der Waals surface area contributed by atoms with Crippen LogP contribution < -0.4 is 10.6 Å². The topological polar surface area (TPSA) is 79.2 Å². The Morgan fingerprint density at radius 1 is 1.48 bits per heavy atom. The molecule has 0 unspecified atom stereocenters. The summed E-state index contributed by atoms with van der Waals surface area (Å²) in [4.78, 5) is 12.1. The summed E-state index contributed by atoms with van der Waals surface area (Å²) in [5.41, 5.74) is -2.77. The third-order valence-corrected chi connectivity index (χ3v) is 4.17. The molecule has 10 heteroatoms. The maximum Gasteiger partial charge on any atom is 0.436 e. The second kappa shape index (κ2) is 6.66. The Labute approximate surface area is 136 Å². The summed E-state index contributed by atoms with van der Waals surface area (Å²) >= 11 is 5.65. The molecule has 2 heterocycles. The van der Waals surface area contributed by atoms with Crippen LogP contribution in [0.2, 0.25) is 5.02 Å². The smallest absolute Gasteiger partial charge is 0.388 e. The molecule has 0 radical (unpaired) electrons. The van der Waals surface area contributed by atoms with Gasteiger partial charge in [0, 0.05) is 13.6 Å². The quantitative estimate of drug-likeness (QED) is 0.765. The van der Waals surface area contributed by atoms with E-state index in [4.69, 9.17) is 11.6 Å². The Morgan fingerprint density at radius 2 is 2.17 bits per heavy atom. The average molecular weight is 355 g/mol. The first kappa shape index (κ1) is 18.0. The molecule has 0 bridgehead atoms. The van der Waals surface area contributed by atoms with Crippen molar-refractivity contribution >= 4 is 17.5 Å². The van der Waals surface area contributed by atoms with Crippen LogP contribution in [0.4, 0.5) is 13.2 Å². The van der Waals surface area contributed by atoms with Gasteiger partial charge in [0.25, 0.3) is 5.91 Å². The minimum Gasteiger partial charge on any atom is -0.388 e. The van der Waals surface area contributed by atoms with Crippen LogP contribution in [-0.2, 0) is 13.2 Å². The molecular weight excluding hydrogens is 337 g/mol. The molecule has 2 rings (SSSR count). The van der Waals surface area contributed by atoms with E-state index in [0.29, 0.717) is 19.4 Å². The maximum atomic E-state index is 12.7. The normalized spacial score (nSPS) is 22.7. The summed E-state index contributed by atoms with van der Waals surface area (Å²) in [5.74, 6) is -0.800. The fourth-order valence-electron chi connectivity index (χ4n) is 2.54. The van der Waals surface area contributed by atoms with E-state index in [1.807, 2.05) is 0 Å². The number of nitrogens with one attached hydrogen (secondary N) is 2. The molecule has 1 aliphatic heterocycles. The Morgan fingerprint density at radius 3 is 2.78 bits per heavy atom. The Bertz CT molecular complexity index is 581. The van der Waals surface area contributed by atoms with Crippen molar-refractivity contribution < 1.29 is 23.1 Å². The third-order valence-electron chi connectivity index (χ3n) is 3.81. The van der Waals surface area contributed by atoms with E-state index in [-0.39, 0.29) is 12.2 Å². The predicted molar refractivity (Wildman–Crippen MR) is 77.2 cm³/mol. The summed E-state index contributed by atoms with van der Waals surface area (Å²) in [5, 5.41) is 18.5. The summed E-state index contributed by atoms with van der Waals surface area (Å²) in [6.45, 7) is 1.33. The zero-order valence-electron chi connectivity index (χ0n) is 12.5. The van der Waals surface area contributed by atoms with Crippen LogP contribution >= 0.6 is 11.6 Å². The summed E-state index contributed by atoms with van der Waals surface area (Å²) in [7, 11) is 1.21. The summed E-state index contributed by atoms with van der Waals surface area (Å²) < 4.78 is 39.0. The predicted octanol–water partition coefficient (Wildman–Crippen LogP) is 1.33. The minimum absolute atomic E-state index is 0.0592. The standard InChI is InChI=1S/C13H18ClF3N4O2/c1-21-9(8(14)10(20-21)13(15,16)17)11(22)19-7-12(23)3-2-5-18-6-4-12/h18,23H,2-7H2,1H3,(H,19,22)/t12-/m0/s1. The van der Waals surface area contributed by atoms with E-state index in [1.54, 1.807) is 0 Å². The van der Waals surface area contributed by atoms with Gasteiger partial charge in [0.2, 0.25) is 0 Å². The summed E-state index contributed by atoms with van der Waals surface area (Å²) in [6.07, 6.45) is -3.05. The lowest BCUT2D eigenvalue weighted by molar-refractivity contribution is -0.141. The lowest BCUT2D eigenvalue weighted by Gasteiger charge is -2.26. The highest BCUT2D eigenvalue weighted by molar-refractivity contribution is 6.34. The highest BCUT2D eigenvalue weighted by Crippen LogP contribution is 2.35. The van der Waals surface area contributed by atoms with Gasteiger partial charge >= 0.3 is 6.18 Å². The van der Waals surface area contributed by atoms with Crippen LogP contribution in [0.25, 0.3) is 0 Å². The first-order valence-electron chi connectivity index (χ1n) is 7.15. The molecule has 0 aliphatic carbocycles. The first-order chi connectivity index (χ1) is 10.6. The molecule has 1 aliphatic rings. The molecule has 23 heavy (non-hydrogen) atoms. The van der Waals surface area contributed by atoms with Crippen LogP contribution in [-0.4, -0.2) is 46.0 Å². The number of aryl methyl sites for hydroxylation is 1. The van der Waals surface area contributed by atoms with Crippen LogP contribution in [0.3, 0.4) is 0 Å². The Kier molecular flexibility index (Phi) is 5.22. The van der Waals surface area contributed by atoms with Gasteiger partial charge in [-0.15, -0.1) is 0 Å². The van der Waals surface area contributed by atoms with Gasteiger partial charge < -0.3 is 15.7 Å². The van der Waals surface area contributed by atoms with Crippen molar-refractivity contribution in [2.24, 2.45) is 7.05 Å². The number of amides is 1. The van der Waals surface area contributed by atoms with Crippen molar-refractivity contribution in [2.45, 2.75) is 31.0 Å². The molecule has 1 aromatic rings. The van der Waals surface area contributed by atoms with E-state index < -0.39 is 28.4 Å². The molecule has 0 saturated carbocycles. The Hall–Kier alpha value is -1.32.